The Kier molecular flexibility index (Phi) is 4.22. The first kappa shape index (κ1) is 15.1. The van der Waals surface area contributed by atoms with E-state index < -0.39 is 5.60 Å². The Hall–Kier alpha value is -1.30. The first-order chi connectivity index (χ1) is 9.34. The van der Waals surface area contributed by atoms with Gasteiger partial charge in [-0.2, -0.15) is 0 Å². The van der Waals surface area contributed by atoms with Crippen LogP contribution in [0.1, 0.15) is 46.5 Å². The van der Waals surface area contributed by atoms with Gasteiger partial charge in [0, 0.05) is 13.1 Å². The van der Waals surface area contributed by atoms with Gasteiger partial charge in [0.1, 0.15) is 5.60 Å². The lowest BCUT2D eigenvalue weighted by Gasteiger charge is -2.43. The van der Waals surface area contributed by atoms with E-state index in [4.69, 9.17) is 14.7 Å². The van der Waals surface area contributed by atoms with E-state index in [1.54, 1.807) is 4.90 Å². The molecule has 2 rings (SSSR count). The minimum absolute atomic E-state index is 0.160. The minimum atomic E-state index is -0.458. The number of carbonyl (C=O) groups excluding carboxylic acids is 1. The first-order valence-corrected chi connectivity index (χ1v) is 7.15. The molecule has 2 saturated heterocycles. The molecule has 0 atom stereocenters. The van der Waals surface area contributed by atoms with Crippen molar-refractivity contribution < 1.29 is 19.5 Å². The molecular weight excluding hydrogens is 260 g/mol. The van der Waals surface area contributed by atoms with Gasteiger partial charge in [-0.1, -0.05) is 5.16 Å². The molecule has 20 heavy (non-hydrogen) atoms. The van der Waals surface area contributed by atoms with Crippen LogP contribution in [0.15, 0.2) is 5.16 Å². The number of amides is 1. The van der Waals surface area contributed by atoms with E-state index in [2.05, 4.69) is 5.16 Å². The summed E-state index contributed by atoms with van der Waals surface area (Å²) in [5.74, 6) is 0. The lowest BCUT2D eigenvalue weighted by Crippen LogP contribution is -2.51. The smallest absolute Gasteiger partial charge is 0.410 e. The van der Waals surface area contributed by atoms with Crippen LogP contribution in [-0.2, 0) is 9.47 Å². The predicted octanol–water partition coefficient (Wildman–Crippen LogP) is 2.40. The largest absolute Gasteiger partial charge is 0.444 e. The van der Waals surface area contributed by atoms with Gasteiger partial charge >= 0.3 is 6.09 Å². The van der Waals surface area contributed by atoms with Crippen molar-refractivity contribution in [1.82, 2.24) is 4.90 Å². The number of rotatable bonds is 0. The molecule has 0 aromatic rings. The standard InChI is InChI=1S/C14H24N2O4/c1-13(2,3)20-12(17)16-8-6-14(7-9-16)5-4-11(15-18)10-19-14/h18H,4-10H2,1-3H3/b15-11-. The van der Waals surface area contributed by atoms with Gasteiger partial charge in [0.05, 0.1) is 17.9 Å². The zero-order valence-corrected chi connectivity index (χ0v) is 12.5. The van der Waals surface area contributed by atoms with Crippen molar-refractivity contribution in [3.8, 4) is 0 Å². The lowest BCUT2D eigenvalue weighted by atomic mass is 9.84. The fourth-order valence-corrected chi connectivity index (χ4v) is 2.65. The third-order valence-electron chi connectivity index (χ3n) is 3.88. The molecule has 1 spiro atoms. The molecule has 2 aliphatic heterocycles. The van der Waals surface area contributed by atoms with Crippen LogP contribution >= 0.6 is 0 Å². The highest BCUT2D eigenvalue weighted by atomic mass is 16.6. The Balaban J connectivity index is 1.85. The molecule has 0 aromatic carbocycles. The highest BCUT2D eigenvalue weighted by Gasteiger charge is 2.40. The molecular formula is C14H24N2O4. The first-order valence-electron chi connectivity index (χ1n) is 7.15. The second kappa shape index (κ2) is 5.60. The number of carbonyl (C=O) groups is 1. The highest BCUT2D eigenvalue weighted by molar-refractivity contribution is 5.85. The molecule has 0 aliphatic carbocycles. The van der Waals surface area contributed by atoms with E-state index in [0.29, 0.717) is 25.4 Å². The van der Waals surface area contributed by atoms with Crippen LogP contribution in [0.5, 0.6) is 0 Å². The maximum atomic E-state index is 12.0. The fourth-order valence-electron chi connectivity index (χ4n) is 2.65. The molecule has 0 radical (unpaired) electrons. The number of piperidine rings is 1. The zero-order chi connectivity index (χ0) is 14.8. The molecule has 6 nitrogen and oxygen atoms in total. The summed E-state index contributed by atoms with van der Waals surface area (Å²) in [5, 5.41) is 12.0. The number of hydrogen-bond donors (Lipinski definition) is 1. The summed E-state index contributed by atoms with van der Waals surface area (Å²) in [4.78, 5) is 13.7. The van der Waals surface area contributed by atoms with Gasteiger partial charge in [0.2, 0.25) is 0 Å². The second-order valence-electron chi connectivity index (χ2n) is 6.61. The van der Waals surface area contributed by atoms with Crippen molar-refractivity contribution >= 4 is 11.8 Å². The van der Waals surface area contributed by atoms with Crippen molar-refractivity contribution in [2.45, 2.75) is 57.7 Å². The van der Waals surface area contributed by atoms with Gasteiger partial charge in [-0.05, 0) is 46.5 Å². The molecule has 1 amide bonds. The van der Waals surface area contributed by atoms with E-state index in [9.17, 15) is 4.79 Å². The molecule has 0 unspecified atom stereocenters. The number of nitrogens with zero attached hydrogens (tertiary/aromatic N) is 2. The SMILES string of the molecule is CC(C)(C)OC(=O)N1CCC2(CC/C(=N/O)CO2)CC1. The van der Waals surface area contributed by atoms with Crippen LogP contribution in [0.4, 0.5) is 4.79 Å². The summed E-state index contributed by atoms with van der Waals surface area (Å²) in [6.07, 6.45) is 2.99. The van der Waals surface area contributed by atoms with Crippen molar-refractivity contribution in [2.24, 2.45) is 5.16 Å². The van der Waals surface area contributed by atoms with Gasteiger partial charge < -0.3 is 19.6 Å². The summed E-state index contributed by atoms with van der Waals surface area (Å²) >= 11 is 0. The Morgan fingerprint density at radius 2 is 2.00 bits per heavy atom. The Morgan fingerprint density at radius 1 is 1.35 bits per heavy atom. The summed E-state index contributed by atoms with van der Waals surface area (Å²) in [7, 11) is 0. The molecule has 0 bridgehead atoms. The second-order valence-corrected chi connectivity index (χ2v) is 6.61. The highest BCUT2D eigenvalue weighted by Crippen LogP contribution is 2.34. The molecule has 2 aliphatic rings. The van der Waals surface area contributed by atoms with Crippen molar-refractivity contribution in [2.75, 3.05) is 19.7 Å². The summed E-state index contributed by atoms with van der Waals surface area (Å²) < 4.78 is 11.3. The molecule has 6 heteroatoms. The third kappa shape index (κ3) is 3.62. The van der Waals surface area contributed by atoms with Crippen LogP contribution in [0.3, 0.4) is 0 Å². The maximum absolute atomic E-state index is 12.0. The Bertz CT molecular complexity index is 380. The molecule has 0 aromatic heterocycles. The predicted molar refractivity (Wildman–Crippen MR) is 74.2 cm³/mol. The average molecular weight is 284 g/mol. The van der Waals surface area contributed by atoms with E-state index in [-0.39, 0.29) is 11.7 Å². The normalized spacial score (nSPS) is 24.9. The number of oxime groups is 1. The van der Waals surface area contributed by atoms with Crippen molar-refractivity contribution in [3.63, 3.8) is 0 Å². The molecule has 1 N–H and O–H groups in total. The molecule has 0 saturated carbocycles. The number of likely N-dealkylation sites (tertiary alicyclic amines) is 1. The summed E-state index contributed by atoms with van der Waals surface area (Å²) in [6, 6.07) is 0. The van der Waals surface area contributed by atoms with E-state index in [1.807, 2.05) is 20.8 Å². The Morgan fingerprint density at radius 3 is 2.45 bits per heavy atom. The maximum Gasteiger partial charge on any atom is 0.410 e. The van der Waals surface area contributed by atoms with E-state index >= 15 is 0 Å². The summed E-state index contributed by atoms with van der Waals surface area (Å²) in [6.45, 7) is 7.31. The van der Waals surface area contributed by atoms with Crippen LogP contribution in [-0.4, -0.2) is 52.8 Å². The summed E-state index contributed by atoms with van der Waals surface area (Å²) in [5.41, 5.74) is 0.0810. The number of hydrogen-bond acceptors (Lipinski definition) is 5. The van der Waals surface area contributed by atoms with Crippen LogP contribution < -0.4 is 0 Å². The van der Waals surface area contributed by atoms with Gasteiger partial charge in [-0.15, -0.1) is 0 Å². The van der Waals surface area contributed by atoms with Gasteiger partial charge in [-0.25, -0.2) is 4.79 Å². The Labute approximate surface area is 119 Å². The van der Waals surface area contributed by atoms with Gasteiger partial charge in [0.25, 0.3) is 0 Å². The number of ether oxygens (including phenoxy) is 2. The van der Waals surface area contributed by atoms with Crippen LogP contribution in [0, 0.1) is 0 Å². The molecule has 114 valence electrons. The van der Waals surface area contributed by atoms with Crippen LogP contribution in [0.25, 0.3) is 0 Å². The van der Waals surface area contributed by atoms with E-state index in [1.165, 1.54) is 0 Å². The minimum Gasteiger partial charge on any atom is -0.444 e. The average Bonchev–Trinajstić information content (AvgIpc) is 2.38. The van der Waals surface area contributed by atoms with Crippen molar-refractivity contribution in [3.05, 3.63) is 0 Å². The quantitative estimate of drug-likeness (QED) is 0.547. The lowest BCUT2D eigenvalue weighted by molar-refractivity contribution is -0.0838. The zero-order valence-electron chi connectivity index (χ0n) is 12.5. The monoisotopic (exact) mass is 284 g/mol. The third-order valence-corrected chi connectivity index (χ3v) is 3.88. The van der Waals surface area contributed by atoms with E-state index in [0.717, 1.165) is 25.7 Å². The van der Waals surface area contributed by atoms with Gasteiger partial charge in [0.15, 0.2) is 0 Å². The molecule has 2 heterocycles. The van der Waals surface area contributed by atoms with Crippen molar-refractivity contribution in [1.29, 1.82) is 0 Å². The topological polar surface area (TPSA) is 71.4 Å². The molecule has 2 fully saturated rings. The fraction of sp³-hybridized carbons (Fsp3) is 0.857. The van der Waals surface area contributed by atoms with Crippen LogP contribution in [0.2, 0.25) is 0 Å². The van der Waals surface area contributed by atoms with Gasteiger partial charge in [-0.3, -0.25) is 0 Å².